The number of nitrogens with one attached hydrogen (secondary N) is 2. The quantitative estimate of drug-likeness (QED) is 0.718. The number of carbonyl (C=O) groups is 3. The summed E-state index contributed by atoms with van der Waals surface area (Å²) in [7, 11) is 0. The maximum Gasteiger partial charge on any atom is 0.405 e. The van der Waals surface area contributed by atoms with Gasteiger partial charge in [0.1, 0.15) is 12.6 Å². The summed E-state index contributed by atoms with van der Waals surface area (Å²) >= 11 is 0. The molecule has 7 nitrogen and oxygen atoms in total. The second-order valence-electron chi connectivity index (χ2n) is 6.33. The van der Waals surface area contributed by atoms with Crippen molar-refractivity contribution in [3.63, 3.8) is 0 Å². The predicted molar refractivity (Wildman–Crippen MR) is 94.8 cm³/mol. The van der Waals surface area contributed by atoms with E-state index in [0.717, 1.165) is 0 Å². The van der Waals surface area contributed by atoms with Crippen LogP contribution in [0.4, 0.5) is 23.7 Å². The lowest BCUT2D eigenvalue weighted by atomic mass is 10.2. The molecule has 1 aromatic carbocycles. The normalized spacial score (nSPS) is 16.6. The molecule has 0 bridgehead atoms. The van der Waals surface area contributed by atoms with Gasteiger partial charge in [-0.3, -0.25) is 4.79 Å². The molecule has 0 saturated carbocycles. The fraction of sp³-hybridized carbons (Fsp3) is 0.500. The molecule has 1 fully saturated rings. The molecular weight excluding hydrogens is 379 g/mol. The maximum atomic E-state index is 12.4. The van der Waals surface area contributed by atoms with Gasteiger partial charge in [0.2, 0.25) is 5.91 Å². The second kappa shape index (κ2) is 9.43. The van der Waals surface area contributed by atoms with Crippen LogP contribution in [-0.2, 0) is 9.53 Å². The van der Waals surface area contributed by atoms with Gasteiger partial charge in [-0.05, 0) is 43.5 Å². The van der Waals surface area contributed by atoms with Crippen molar-refractivity contribution in [2.45, 2.75) is 38.4 Å². The molecular formula is C18H22F3N3O4. The van der Waals surface area contributed by atoms with Crippen molar-refractivity contribution >= 4 is 23.6 Å². The van der Waals surface area contributed by atoms with E-state index in [1.807, 2.05) is 12.2 Å². The fourth-order valence-electron chi connectivity index (χ4n) is 2.75. The number of hydrogen-bond acceptors (Lipinski definition) is 4. The summed E-state index contributed by atoms with van der Waals surface area (Å²) in [5, 5.41) is 4.40. The molecule has 1 aliphatic heterocycles. The van der Waals surface area contributed by atoms with Gasteiger partial charge >= 0.3 is 18.2 Å². The van der Waals surface area contributed by atoms with Crippen LogP contribution in [0.15, 0.2) is 24.3 Å². The summed E-state index contributed by atoms with van der Waals surface area (Å²) in [5.74, 6) is -1.31. The molecule has 3 amide bonds. The maximum absolute atomic E-state index is 12.4. The van der Waals surface area contributed by atoms with Gasteiger partial charge in [-0.2, -0.15) is 13.2 Å². The molecule has 10 heteroatoms. The van der Waals surface area contributed by atoms with Crippen molar-refractivity contribution in [2.75, 3.05) is 25.0 Å². The summed E-state index contributed by atoms with van der Waals surface area (Å²) in [6.07, 6.45) is -3.01. The number of alkyl halides is 3. The average Bonchev–Trinajstić information content (AvgIpc) is 3.14. The van der Waals surface area contributed by atoms with E-state index in [-0.39, 0.29) is 6.54 Å². The zero-order valence-electron chi connectivity index (χ0n) is 15.3. The number of rotatable bonds is 6. The number of nitrogens with zero attached hydrogens (tertiary/aromatic N) is 1. The number of anilines is 1. The Labute approximate surface area is 160 Å². The number of likely N-dealkylation sites (tertiary alicyclic amines) is 1. The predicted octanol–water partition coefficient (Wildman–Crippen LogP) is 2.93. The molecule has 0 aliphatic carbocycles. The largest absolute Gasteiger partial charge is 0.462 e. The standard InChI is InChI=1S/C18H22F3N3O4/c1-2-10-28-16(26)12-5-7-13(8-6-12)23-17(27)24-9-3-4-14(24)15(25)22-11-18(19,20)21/h5-8,14H,2-4,9-11H2,1H3,(H,22,25)(H,23,27). The summed E-state index contributed by atoms with van der Waals surface area (Å²) < 4.78 is 41.8. The minimum absolute atomic E-state index is 0.261. The van der Waals surface area contributed by atoms with Gasteiger partial charge < -0.3 is 20.3 Å². The Morgan fingerprint density at radius 2 is 1.89 bits per heavy atom. The molecule has 1 heterocycles. The Morgan fingerprint density at radius 1 is 1.21 bits per heavy atom. The van der Waals surface area contributed by atoms with Crippen LogP contribution in [0.1, 0.15) is 36.5 Å². The van der Waals surface area contributed by atoms with Crippen LogP contribution in [0, 0.1) is 0 Å². The molecule has 154 valence electrons. The van der Waals surface area contributed by atoms with Gasteiger partial charge in [-0.15, -0.1) is 0 Å². The van der Waals surface area contributed by atoms with Gasteiger partial charge in [-0.1, -0.05) is 6.92 Å². The van der Waals surface area contributed by atoms with E-state index in [1.54, 1.807) is 0 Å². The molecule has 0 aromatic heterocycles. The summed E-state index contributed by atoms with van der Waals surface area (Å²) in [4.78, 5) is 37.4. The first-order valence-corrected chi connectivity index (χ1v) is 8.90. The van der Waals surface area contributed by atoms with Crippen molar-refractivity contribution < 1.29 is 32.3 Å². The molecule has 0 radical (unpaired) electrons. The van der Waals surface area contributed by atoms with Gasteiger partial charge in [0.25, 0.3) is 0 Å². The molecule has 1 atom stereocenters. The molecule has 28 heavy (non-hydrogen) atoms. The first kappa shape index (κ1) is 21.5. The minimum atomic E-state index is -4.51. The van der Waals surface area contributed by atoms with Crippen LogP contribution in [-0.4, -0.2) is 54.7 Å². The smallest absolute Gasteiger partial charge is 0.405 e. The van der Waals surface area contributed by atoms with Crippen LogP contribution < -0.4 is 10.6 Å². The van der Waals surface area contributed by atoms with Crippen LogP contribution in [0.25, 0.3) is 0 Å². The number of hydrogen-bond donors (Lipinski definition) is 2. The SMILES string of the molecule is CCCOC(=O)c1ccc(NC(=O)N2CCCC2C(=O)NCC(F)(F)F)cc1. The molecule has 1 unspecified atom stereocenters. The third-order valence-corrected chi connectivity index (χ3v) is 4.09. The lowest BCUT2D eigenvalue weighted by molar-refractivity contribution is -0.140. The van der Waals surface area contributed by atoms with E-state index in [2.05, 4.69) is 5.32 Å². The highest BCUT2D eigenvalue weighted by Crippen LogP contribution is 2.20. The Balaban J connectivity index is 1.94. The third-order valence-electron chi connectivity index (χ3n) is 4.09. The van der Waals surface area contributed by atoms with Crippen molar-refractivity contribution in [3.8, 4) is 0 Å². The van der Waals surface area contributed by atoms with E-state index < -0.39 is 36.7 Å². The molecule has 1 aromatic rings. The van der Waals surface area contributed by atoms with Crippen LogP contribution in [0.3, 0.4) is 0 Å². The van der Waals surface area contributed by atoms with E-state index in [4.69, 9.17) is 4.74 Å². The number of urea groups is 1. The lowest BCUT2D eigenvalue weighted by Gasteiger charge is -2.24. The van der Waals surface area contributed by atoms with E-state index >= 15 is 0 Å². The summed E-state index contributed by atoms with van der Waals surface area (Å²) in [6, 6.07) is 4.46. The molecule has 2 N–H and O–H groups in total. The highest BCUT2D eigenvalue weighted by atomic mass is 19.4. The Bertz CT molecular complexity index is 707. The third kappa shape index (κ3) is 6.14. The minimum Gasteiger partial charge on any atom is -0.462 e. The van der Waals surface area contributed by atoms with Crippen LogP contribution >= 0.6 is 0 Å². The van der Waals surface area contributed by atoms with Gasteiger partial charge in [0.05, 0.1) is 12.2 Å². The van der Waals surface area contributed by atoms with Crippen molar-refractivity contribution in [1.29, 1.82) is 0 Å². The zero-order valence-corrected chi connectivity index (χ0v) is 15.3. The number of esters is 1. The van der Waals surface area contributed by atoms with E-state index in [1.165, 1.54) is 29.2 Å². The number of carbonyl (C=O) groups excluding carboxylic acids is 3. The van der Waals surface area contributed by atoms with Crippen LogP contribution in [0.5, 0.6) is 0 Å². The zero-order chi connectivity index (χ0) is 20.7. The summed E-state index contributed by atoms with van der Waals surface area (Å²) in [6.45, 7) is 1.01. The molecule has 1 saturated heterocycles. The first-order chi connectivity index (χ1) is 13.2. The van der Waals surface area contributed by atoms with Gasteiger partial charge in [-0.25, -0.2) is 9.59 Å². The topological polar surface area (TPSA) is 87.7 Å². The molecule has 2 rings (SSSR count). The van der Waals surface area contributed by atoms with E-state index in [0.29, 0.717) is 37.1 Å². The van der Waals surface area contributed by atoms with Crippen molar-refractivity contribution in [3.05, 3.63) is 29.8 Å². The van der Waals surface area contributed by atoms with Crippen molar-refractivity contribution in [1.82, 2.24) is 10.2 Å². The first-order valence-electron chi connectivity index (χ1n) is 8.90. The summed E-state index contributed by atoms with van der Waals surface area (Å²) in [5.41, 5.74) is 0.718. The van der Waals surface area contributed by atoms with Crippen molar-refractivity contribution in [2.24, 2.45) is 0 Å². The highest BCUT2D eigenvalue weighted by Gasteiger charge is 2.36. The fourth-order valence-corrected chi connectivity index (χ4v) is 2.75. The van der Waals surface area contributed by atoms with Gasteiger partial charge in [0.15, 0.2) is 0 Å². The number of amides is 3. The molecule has 1 aliphatic rings. The van der Waals surface area contributed by atoms with E-state index in [9.17, 15) is 27.6 Å². The monoisotopic (exact) mass is 401 g/mol. The average molecular weight is 401 g/mol. The number of halogens is 3. The van der Waals surface area contributed by atoms with Crippen LogP contribution in [0.2, 0.25) is 0 Å². The number of benzene rings is 1. The van der Waals surface area contributed by atoms with Gasteiger partial charge in [0, 0.05) is 12.2 Å². The number of ether oxygens (including phenoxy) is 1. The lowest BCUT2D eigenvalue weighted by Crippen LogP contribution is -2.49. The Kier molecular flexibility index (Phi) is 7.24. The Hall–Kier alpha value is -2.78. The highest BCUT2D eigenvalue weighted by molar-refractivity contribution is 5.95. The second-order valence-corrected chi connectivity index (χ2v) is 6.33. The molecule has 0 spiro atoms. The Morgan fingerprint density at radius 3 is 2.50 bits per heavy atom.